The molecule has 0 radical (unpaired) electrons. The number of rotatable bonds is 5. The van der Waals surface area contributed by atoms with Crippen molar-refractivity contribution in [3.63, 3.8) is 0 Å². The molecule has 17 heavy (non-hydrogen) atoms. The lowest BCUT2D eigenvalue weighted by Gasteiger charge is -2.23. The fraction of sp³-hybridized carbons (Fsp3) is 0.917. The minimum Gasteiger partial charge on any atom is -0.372 e. The SMILES string of the molecule is CCCCOC1C2OC(C)(C)O[C@H]2O[C@@H]1C=O. The highest BCUT2D eigenvalue weighted by atomic mass is 16.8. The normalized spacial score (nSPS) is 39.2. The van der Waals surface area contributed by atoms with Gasteiger partial charge in [0.25, 0.3) is 0 Å². The number of carbonyl (C=O) groups excluding carboxylic acids is 1. The maximum absolute atomic E-state index is 10.9. The van der Waals surface area contributed by atoms with Crippen LogP contribution in [0.3, 0.4) is 0 Å². The Kier molecular flexibility index (Phi) is 3.82. The summed E-state index contributed by atoms with van der Waals surface area (Å²) in [4.78, 5) is 10.9. The Balaban J connectivity index is 1.98. The summed E-state index contributed by atoms with van der Waals surface area (Å²) in [6.45, 7) is 6.36. The van der Waals surface area contributed by atoms with Crippen molar-refractivity contribution < 1.29 is 23.7 Å². The lowest BCUT2D eigenvalue weighted by atomic mass is 10.1. The van der Waals surface area contributed by atoms with E-state index in [2.05, 4.69) is 6.92 Å². The molecule has 5 nitrogen and oxygen atoms in total. The largest absolute Gasteiger partial charge is 0.372 e. The molecule has 2 aliphatic rings. The van der Waals surface area contributed by atoms with Gasteiger partial charge in [0.15, 0.2) is 18.4 Å². The maximum atomic E-state index is 10.9. The topological polar surface area (TPSA) is 54.0 Å². The van der Waals surface area contributed by atoms with Gasteiger partial charge in [0.1, 0.15) is 18.3 Å². The highest BCUT2D eigenvalue weighted by Crippen LogP contribution is 2.38. The third-order valence-corrected chi connectivity index (χ3v) is 2.97. The molecular weight excluding hydrogens is 224 g/mol. The molecule has 0 amide bonds. The van der Waals surface area contributed by atoms with Crippen LogP contribution in [0.1, 0.15) is 33.6 Å². The zero-order valence-corrected chi connectivity index (χ0v) is 10.5. The Morgan fingerprint density at radius 3 is 2.76 bits per heavy atom. The predicted octanol–water partition coefficient (Wildman–Crippen LogP) is 1.25. The van der Waals surface area contributed by atoms with Crippen LogP contribution in [0.5, 0.6) is 0 Å². The fourth-order valence-corrected chi connectivity index (χ4v) is 2.17. The molecular formula is C12H20O5. The van der Waals surface area contributed by atoms with E-state index in [1.54, 1.807) is 0 Å². The molecule has 0 N–H and O–H groups in total. The summed E-state index contributed by atoms with van der Waals surface area (Å²) in [6, 6.07) is 0. The van der Waals surface area contributed by atoms with Gasteiger partial charge in [-0.25, -0.2) is 0 Å². The number of unbranched alkanes of at least 4 members (excludes halogenated alkanes) is 1. The smallest absolute Gasteiger partial charge is 0.190 e. The molecule has 0 aromatic carbocycles. The van der Waals surface area contributed by atoms with Crippen molar-refractivity contribution >= 4 is 6.29 Å². The van der Waals surface area contributed by atoms with Gasteiger partial charge >= 0.3 is 0 Å². The number of hydrogen-bond donors (Lipinski definition) is 0. The highest BCUT2D eigenvalue weighted by Gasteiger charge is 2.55. The molecule has 2 saturated heterocycles. The first-order valence-corrected chi connectivity index (χ1v) is 6.15. The first kappa shape index (κ1) is 13.0. The summed E-state index contributed by atoms with van der Waals surface area (Å²) in [5, 5.41) is 0. The lowest BCUT2D eigenvalue weighted by molar-refractivity contribution is -0.215. The van der Waals surface area contributed by atoms with Gasteiger partial charge in [0.2, 0.25) is 0 Å². The van der Waals surface area contributed by atoms with Gasteiger partial charge in [-0.2, -0.15) is 0 Å². The Hall–Kier alpha value is -0.490. The summed E-state index contributed by atoms with van der Waals surface area (Å²) in [5.41, 5.74) is 0. The maximum Gasteiger partial charge on any atom is 0.190 e. The molecule has 2 fully saturated rings. The van der Waals surface area contributed by atoms with Gasteiger partial charge in [0.05, 0.1) is 0 Å². The van der Waals surface area contributed by atoms with Crippen LogP contribution in [0.25, 0.3) is 0 Å². The van der Waals surface area contributed by atoms with Crippen molar-refractivity contribution in [2.24, 2.45) is 0 Å². The van der Waals surface area contributed by atoms with E-state index in [-0.39, 0.29) is 12.2 Å². The molecule has 0 aromatic heterocycles. The Morgan fingerprint density at radius 1 is 1.35 bits per heavy atom. The van der Waals surface area contributed by atoms with Gasteiger partial charge in [-0.1, -0.05) is 13.3 Å². The number of fused-ring (bicyclic) bond motifs is 1. The van der Waals surface area contributed by atoms with Gasteiger partial charge in [-0.3, -0.25) is 0 Å². The molecule has 4 atom stereocenters. The van der Waals surface area contributed by atoms with Crippen molar-refractivity contribution in [3.8, 4) is 0 Å². The number of ether oxygens (including phenoxy) is 4. The van der Waals surface area contributed by atoms with Crippen LogP contribution >= 0.6 is 0 Å². The van der Waals surface area contributed by atoms with Crippen molar-refractivity contribution in [1.29, 1.82) is 0 Å². The first-order valence-electron chi connectivity index (χ1n) is 6.15. The molecule has 0 bridgehead atoms. The minimum absolute atomic E-state index is 0.308. The Labute approximate surface area is 101 Å². The Bertz CT molecular complexity index is 278. The van der Waals surface area contributed by atoms with E-state index in [1.807, 2.05) is 13.8 Å². The third kappa shape index (κ3) is 2.68. The van der Waals surface area contributed by atoms with Crippen molar-refractivity contribution in [3.05, 3.63) is 0 Å². The van der Waals surface area contributed by atoms with Crippen LogP contribution in [0, 0.1) is 0 Å². The van der Waals surface area contributed by atoms with Gasteiger partial charge < -0.3 is 23.7 Å². The molecule has 0 aromatic rings. The van der Waals surface area contributed by atoms with Crippen LogP contribution in [-0.4, -0.2) is 43.3 Å². The molecule has 98 valence electrons. The highest BCUT2D eigenvalue weighted by molar-refractivity contribution is 5.58. The molecule has 2 rings (SSSR count). The van der Waals surface area contributed by atoms with Gasteiger partial charge in [-0.15, -0.1) is 0 Å². The molecule has 2 heterocycles. The van der Waals surface area contributed by atoms with Gasteiger partial charge in [0, 0.05) is 6.61 Å². The van der Waals surface area contributed by atoms with E-state index < -0.39 is 18.2 Å². The Morgan fingerprint density at radius 2 is 2.12 bits per heavy atom. The standard InChI is InChI=1S/C12H20O5/c1-4-5-6-14-9-8(7-13)15-11-10(9)16-12(2,3)17-11/h7-11H,4-6H2,1-3H3/t8-,9?,10?,11-/m1/s1. The first-order chi connectivity index (χ1) is 8.07. The number of hydrogen-bond acceptors (Lipinski definition) is 5. The molecule has 0 saturated carbocycles. The summed E-state index contributed by atoms with van der Waals surface area (Å²) in [5.74, 6) is -0.671. The summed E-state index contributed by atoms with van der Waals surface area (Å²) in [7, 11) is 0. The van der Waals surface area contributed by atoms with E-state index in [0.717, 1.165) is 19.1 Å². The van der Waals surface area contributed by atoms with Crippen LogP contribution in [0.2, 0.25) is 0 Å². The van der Waals surface area contributed by atoms with E-state index >= 15 is 0 Å². The summed E-state index contributed by atoms with van der Waals surface area (Å²) < 4.78 is 22.4. The monoisotopic (exact) mass is 244 g/mol. The van der Waals surface area contributed by atoms with E-state index in [0.29, 0.717) is 6.61 Å². The average Bonchev–Trinajstić information content (AvgIpc) is 2.72. The van der Waals surface area contributed by atoms with Gasteiger partial charge in [-0.05, 0) is 20.3 Å². The van der Waals surface area contributed by atoms with Crippen LogP contribution in [0.15, 0.2) is 0 Å². The number of carbonyl (C=O) groups is 1. The van der Waals surface area contributed by atoms with Crippen LogP contribution in [0.4, 0.5) is 0 Å². The predicted molar refractivity (Wildman–Crippen MR) is 59.4 cm³/mol. The summed E-state index contributed by atoms with van der Waals surface area (Å²) in [6.07, 6.45) is 1.03. The molecule has 0 spiro atoms. The second kappa shape index (κ2) is 5.02. The summed E-state index contributed by atoms with van der Waals surface area (Å²) >= 11 is 0. The van der Waals surface area contributed by atoms with Crippen LogP contribution < -0.4 is 0 Å². The molecule has 5 heteroatoms. The number of aldehydes is 1. The fourth-order valence-electron chi connectivity index (χ4n) is 2.17. The molecule has 0 aliphatic carbocycles. The van der Waals surface area contributed by atoms with Crippen molar-refractivity contribution in [2.45, 2.75) is 64.0 Å². The second-order valence-corrected chi connectivity index (χ2v) is 4.89. The minimum atomic E-state index is -0.671. The zero-order valence-electron chi connectivity index (χ0n) is 10.5. The molecule has 2 aliphatic heterocycles. The molecule has 2 unspecified atom stereocenters. The van der Waals surface area contributed by atoms with E-state index in [4.69, 9.17) is 18.9 Å². The van der Waals surface area contributed by atoms with Crippen LogP contribution in [-0.2, 0) is 23.7 Å². The third-order valence-electron chi connectivity index (χ3n) is 2.97. The quantitative estimate of drug-likeness (QED) is 0.538. The second-order valence-electron chi connectivity index (χ2n) is 4.89. The average molecular weight is 244 g/mol. The van der Waals surface area contributed by atoms with E-state index in [9.17, 15) is 4.79 Å². The van der Waals surface area contributed by atoms with E-state index in [1.165, 1.54) is 0 Å². The van der Waals surface area contributed by atoms with Crippen molar-refractivity contribution in [2.75, 3.05) is 6.61 Å². The lowest BCUT2D eigenvalue weighted by Crippen LogP contribution is -2.37. The van der Waals surface area contributed by atoms with Crippen molar-refractivity contribution in [1.82, 2.24) is 0 Å². The zero-order chi connectivity index (χ0) is 12.5.